The number of benzene rings is 2. The molecule has 4 heteroatoms. The first-order valence-electron chi connectivity index (χ1n) is 8.64. The summed E-state index contributed by atoms with van der Waals surface area (Å²) in [7, 11) is 0. The van der Waals surface area contributed by atoms with Crippen LogP contribution in [0.5, 0.6) is 0 Å². The molecule has 2 aromatic carbocycles. The minimum Gasteiger partial charge on any atom is -0.311 e. The molecule has 3 aromatic rings. The first-order chi connectivity index (χ1) is 12.2. The van der Waals surface area contributed by atoms with Crippen molar-refractivity contribution in [2.45, 2.75) is 26.4 Å². The van der Waals surface area contributed by atoms with Gasteiger partial charge in [0.25, 0.3) is 5.56 Å². The molecule has 0 bridgehead atoms. The molecule has 0 fully saturated rings. The van der Waals surface area contributed by atoms with Crippen LogP contribution in [-0.4, -0.2) is 21.4 Å². The molecule has 0 saturated heterocycles. The molecule has 1 aliphatic heterocycles. The van der Waals surface area contributed by atoms with Gasteiger partial charge in [-0.3, -0.25) is 9.69 Å². The van der Waals surface area contributed by atoms with Gasteiger partial charge in [-0.15, -0.1) is 0 Å². The number of fused-ring (bicyclic) bond motifs is 1. The van der Waals surface area contributed by atoms with Gasteiger partial charge in [0, 0.05) is 25.2 Å². The zero-order valence-corrected chi connectivity index (χ0v) is 14.3. The highest BCUT2D eigenvalue weighted by molar-refractivity contribution is 5.63. The van der Waals surface area contributed by atoms with Gasteiger partial charge in [0.15, 0.2) is 0 Å². The summed E-state index contributed by atoms with van der Waals surface area (Å²) in [6, 6.07) is 19.1. The number of aromatic nitrogens is 2. The molecule has 0 atom stereocenters. The van der Waals surface area contributed by atoms with E-state index in [-0.39, 0.29) is 5.56 Å². The van der Waals surface area contributed by atoms with E-state index < -0.39 is 0 Å². The summed E-state index contributed by atoms with van der Waals surface area (Å²) in [5, 5.41) is 0. The second-order valence-electron chi connectivity index (χ2n) is 6.60. The number of aromatic amines is 1. The van der Waals surface area contributed by atoms with Gasteiger partial charge in [-0.1, -0.05) is 54.6 Å². The third-order valence-electron chi connectivity index (χ3n) is 4.74. The van der Waals surface area contributed by atoms with Crippen molar-refractivity contribution in [1.82, 2.24) is 14.9 Å². The van der Waals surface area contributed by atoms with Crippen molar-refractivity contribution in [2.75, 3.05) is 6.54 Å². The smallest absolute Gasteiger partial charge is 0.254 e. The topological polar surface area (TPSA) is 49.0 Å². The molecule has 0 spiro atoms. The second-order valence-corrected chi connectivity index (χ2v) is 6.60. The van der Waals surface area contributed by atoms with Crippen LogP contribution in [0.1, 0.15) is 22.6 Å². The predicted octanol–water partition coefficient (Wildman–Crippen LogP) is 3.30. The summed E-state index contributed by atoms with van der Waals surface area (Å²) in [5.74, 6) is 0.692. The maximum Gasteiger partial charge on any atom is 0.254 e. The summed E-state index contributed by atoms with van der Waals surface area (Å²) in [5.41, 5.74) is 5.55. The quantitative estimate of drug-likeness (QED) is 0.801. The maximum atomic E-state index is 12.0. The summed E-state index contributed by atoms with van der Waals surface area (Å²) in [6.07, 6.45) is 0.764. The van der Waals surface area contributed by atoms with Crippen LogP contribution in [-0.2, 0) is 19.5 Å². The zero-order chi connectivity index (χ0) is 17.2. The Labute approximate surface area is 147 Å². The Balaban J connectivity index is 1.49. The molecule has 1 aromatic heterocycles. The highest BCUT2D eigenvalue weighted by Crippen LogP contribution is 2.21. The van der Waals surface area contributed by atoms with Crippen molar-refractivity contribution < 1.29 is 0 Å². The molecule has 1 N–H and O–H groups in total. The van der Waals surface area contributed by atoms with Crippen molar-refractivity contribution in [2.24, 2.45) is 0 Å². The fourth-order valence-corrected chi connectivity index (χ4v) is 3.44. The van der Waals surface area contributed by atoms with Crippen molar-refractivity contribution in [1.29, 1.82) is 0 Å². The monoisotopic (exact) mass is 331 g/mol. The van der Waals surface area contributed by atoms with Crippen LogP contribution in [0, 0.1) is 6.92 Å². The van der Waals surface area contributed by atoms with Gasteiger partial charge < -0.3 is 4.98 Å². The molecule has 0 saturated carbocycles. The van der Waals surface area contributed by atoms with E-state index in [2.05, 4.69) is 63.4 Å². The van der Waals surface area contributed by atoms with Crippen LogP contribution >= 0.6 is 0 Å². The zero-order valence-electron chi connectivity index (χ0n) is 14.3. The Hall–Kier alpha value is -2.72. The Bertz CT molecular complexity index is 930. The average Bonchev–Trinajstić information content (AvgIpc) is 2.63. The molecule has 0 amide bonds. The first-order valence-corrected chi connectivity index (χ1v) is 8.64. The number of hydrogen-bond acceptors (Lipinski definition) is 3. The first kappa shape index (κ1) is 15.8. The van der Waals surface area contributed by atoms with Gasteiger partial charge in [0.05, 0.1) is 5.69 Å². The standard InChI is InChI=1S/C21H21N3O/c1-15-22-20-14-24(12-11-19(20)21(25)23-15)13-16-7-9-18(10-8-16)17-5-3-2-4-6-17/h2-10H,11-14H2,1H3,(H,22,23,25). The van der Waals surface area contributed by atoms with E-state index >= 15 is 0 Å². The fourth-order valence-electron chi connectivity index (χ4n) is 3.44. The van der Waals surface area contributed by atoms with E-state index in [1.807, 2.05) is 13.0 Å². The Morgan fingerprint density at radius 3 is 2.52 bits per heavy atom. The molecule has 4 nitrogen and oxygen atoms in total. The summed E-state index contributed by atoms with van der Waals surface area (Å²) >= 11 is 0. The number of H-pyrrole nitrogens is 1. The third-order valence-corrected chi connectivity index (χ3v) is 4.74. The molecule has 1 aliphatic rings. The lowest BCUT2D eigenvalue weighted by Crippen LogP contribution is -2.35. The third kappa shape index (κ3) is 3.39. The Morgan fingerprint density at radius 2 is 1.76 bits per heavy atom. The molecule has 4 rings (SSSR count). The maximum absolute atomic E-state index is 12.0. The number of hydrogen-bond donors (Lipinski definition) is 1. The lowest BCUT2D eigenvalue weighted by molar-refractivity contribution is 0.240. The van der Waals surface area contributed by atoms with Crippen molar-refractivity contribution >= 4 is 0 Å². The van der Waals surface area contributed by atoms with E-state index in [0.717, 1.165) is 37.3 Å². The average molecular weight is 331 g/mol. The van der Waals surface area contributed by atoms with Crippen LogP contribution in [0.25, 0.3) is 11.1 Å². The van der Waals surface area contributed by atoms with E-state index in [4.69, 9.17) is 0 Å². The van der Waals surface area contributed by atoms with E-state index in [9.17, 15) is 4.79 Å². The SMILES string of the molecule is Cc1nc2c(c(=O)[nH]1)CCN(Cc1ccc(-c3ccccc3)cc1)C2. The Morgan fingerprint density at radius 1 is 1.04 bits per heavy atom. The van der Waals surface area contributed by atoms with Crippen LogP contribution in [0.4, 0.5) is 0 Å². The highest BCUT2D eigenvalue weighted by atomic mass is 16.1. The molecule has 0 aliphatic carbocycles. The fraction of sp³-hybridized carbons (Fsp3) is 0.238. The number of aryl methyl sites for hydroxylation is 1. The number of nitrogens with zero attached hydrogens (tertiary/aromatic N) is 2. The van der Waals surface area contributed by atoms with Crippen LogP contribution < -0.4 is 5.56 Å². The molecular weight excluding hydrogens is 310 g/mol. The van der Waals surface area contributed by atoms with Crippen molar-refractivity contribution in [3.63, 3.8) is 0 Å². The van der Waals surface area contributed by atoms with Crippen LogP contribution in [0.2, 0.25) is 0 Å². The minimum atomic E-state index is 0.0226. The lowest BCUT2D eigenvalue weighted by Gasteiger charge is -2.27. The van der Waals surface area contributed by atoms with Crippen LogP contribution in [0.15, 0.2) is 59.4 Å². The van der Waals surface area contributed by atoms with Crippen molar-refractivity contribution in [3.05, 3.63) is 87.6 Å². The summed E-state index contributed by atoms with van der Waals surface area (Å²) in [6.45, 7) is 4.34. The van der Waals surface area contributed by atoms with Gasteiger partial charge in [0.1, 0.15) is 5.82 Å². The Kier molecular flexibility index (Phi) is 4.20. The van der Waals surface area contributed by atoms with Gasteiger partial charge in [-0.25, -0.2) is 4.98 Å². The normalized spacial score (nSPS) is 14.3. The van der Waals surface area contributed by atoms with Crippen molar-refractivity contribution in [3.8, 4) is 11.1 Å². The van der Waals surface area contributed by atoms with Crippen LogP contribution in [0.3, 0.4) is 0 Å². The summed E-state index contributed by atoms with van der Waals surface area (Å²) < 4.78 is 0. The lowest BCUT2D eigenvalue weighted by atomic mass is 10.0. The molecule has 126 valence electrons. The molecule has 2 heterocycles. The molecule has 0 radical (unpaired) electrons. The van der Waals surface area contributed by atoms with Gasteiger partial charge in [-0.2, -0.15) is 0 Å². The predicted molar refractivity (Wildman–Crippen MR) is 99.3 cm³/mol. The van der Waals surface area contributed by atoms with E-state index in [0.29, 0.717) is 5.82 Å². The van der Waals surface area contributed by atoms with E-state index in [1.165, 1.54) is 16.7 Å². The highest BCUT2D eigenvalue weighted by Gasteiger charge is 2.20. The molecule has 25 heavy (non-hydrogen) atoms. The molecule has 0 unspecified atom stereocenters. The summed E-state index contributed by atoms with van der Waals surface area (Å²) in [4.78, 5) is 21.7. The van der Waals surface area contributed by atoms with E-state index in [1.54, 1.807) is 0 Å². The second kappa shape index (κ2) is 6.65. The number of nitrogens with one attached hydrogen (secondary N) is 1. The minimum absolute atomic E-state index is 0.0226. The van der Waals surface area contributed by atoms with Gasteiger partial charge in [-0.05, 0) is 30.0 Å². The largest absolute Gasteiger partial charge is 0.311 e. The molecular formula is C21H21N3O. The van der Waals surface area contributed by atoms with Gasteiger partial charge >= 0.3 is 0 Å². The number of rotatable bonds is 3. The van der Waals surface area contributed by atoms with Gasteiger partial charge in [0.2, 0.25) is 0 Å².